The smallest absolute Gasteiger partial charge is 0.274 e. The molecule has 1 amide bonds. The topological polar surface area (TPSA) is 67.5 Å². The van der Waals surface area contributed by atoms with Gasteiger partial charge in [-0.3, -0.25) is 9.89 Å². The van der Waals surface area contributed by atoms with Gasteiger partial charge in [0.1, 0.15) is 5.69 Å². The zero-order valence-corrected chi connectivity index (χ0v) is 14.2. The Kier molecular flexibility index (Phi) is 4.85. The largest absolute Gasteiger partial charge is 0.348 e. The van der Waals surface area contributed by atoms with Crippen molar-refractivity contribution in [1.29, 1.82) is 0 Å². The molecular formula is C18H27N3O3. The monoisotopic (exact) mass is 333 g/mol. The van der Waals surface area contributed by atoms with Crippen LogP contribution in [-0.2, 0) is 9.47 Å². The van der Waals surface area contributed by atoms with Gasteiger partial charge in [0.05, 0.1) is 19.3 Å². The van der Waals surface area contributed by atoms with Gasteiger partial charge in [-0.25, -0.2) is 0 Å². The summed E-state index contributed by atoms with van der Waals surface area (Å²) in [7, 11) is 0. The van der Waals surface area contributed by atoms with Crippen LogP contribution in [0.15, 0.2) is 6.07 Å². The maximum atomic E-state index is 13.0. The molecule has 6 nitrogen and oxygen atoms in total. The van der Waals surface area contributed by atoms with Crippen LogP contribution in [-0.4, -0.2) is 53.1 Å². The van der Waals surface area contributed by atoms with Crippen molar-refractivity contribution >= 4 is 5.91 Å². The highest BCUT2D eigenvalue weighted by Crippen LogP contribution is 2.32. The summed E-state index contributed by atoms with van der Waals surface area (Å²) < 4.78 is 11.3. The van der Waals surface area contributed by atoms with E-state index in [4.69, 9.17) is 9.47 Å². The van der Waals surface area contributed by atoms with E-state index in [1.165, 1.54) is 32.1 Å². The molecule has 4 rings (SSSR count). The maximum Gasteiger partial charge on any atom is 0.274 e. The molecule has 3 aliphatic rings. The molecule has 3 heterocycles. The molecule has 24 heavy (non-hydrogen) atoms. The van der Waals surface area contributed by atoms with Gasteiger partial charge in [0.2, 0.25) is 0 Å². The summed E-state index contributed by atoms with van der Waals surface area (Å²) >= 11 is 0. The van der Waals surface area contributed by atoms with Crippen molar-refractivity contribution < 1.29 is 14.3 Å². The van der Waals surface area contributed by atoms with Crippen molar-refractivity contribution in [2.75, 3.05) is 19.8 Å². The predicted molar refractivity (Wildman–Crippen MR) is 88.8 cm³/mol. The lowest BCUT2D eigenvalue weighted by Crippen LogP contribution is -2.50. The average molecular weight is 333 g/mol. The molecule has 1 saturated carbocycles. The first kappa shape index (κ1) is 16.1. The second kappa shape index (κ2) is 7.23. The zero-order chi connectivity index (χ0) is 16.4. The molecule has 0 aromatic carbocycles. The number of carbonyl (C=O) groups excluding carboxylic acids is 1. The molecule has 0 spiro atoms. The third-order valence-corrected chi connectivity index (χ3v) is 5.63. The van der Waals surface area contributed by atoms with Crippen molar-refractivity contribution in [2.45, 2.75) is 69.6 Å². The second-order valence-electron chi connectivity index (χ2n) is 7.22. The van der Waals surface area contributed by atoms with E-state index >= 15 is 0 Å². The van der Waals surface area contributed by atoms with Crippen LogP contribution >= 0.6 is 0 Å². The Morgan fingerprint density at radius 2 is 1.83 bits per heavy atom. The molecule has 0 bridgehead atoms. The van der Waals surface area contributed by atoms with Gasteiger partial charge in [-0.1, -0.05) is 19.3 Å². The Labute approximate surface area is 142 Å². The summed E-state index contributed by atoms with van der Waals surface area (Å²) in [5.41, 5.74) is 1.67. The molecule has 0 unspecified atom stereocenters. The Hall–Kier alpha value is -1.40. The molecule has 6 heteroatoms. The number of hydrogen-bond acceptors (Lipinski definition) is 4. The predicted octanol–water partition coefficient (Wildman–Crippen LogP) is 2.83. The number of likely N-dealkylation sites (tertiary alicyclic amines) is 1. The van der Waals surface area contributed by atoms with Gasteiger partial charge < -0.3 is 14.4 Å². The molecule has 2 aliphatic heterocycles. The van der Waals surface area contributed by atoms with E-state index in [1.807, 2.05) is 11.0 Å². The highest BCUT2D eigenvalue weighted by atomic mass is 16.7. The molecule has 1 N–H and O–H groups in total. The van der Waals surface area contributed by atoms with E-state index in [0.717, 1.165) is 31.5 Å². The van der Waals surface area contributed by atoms with Crippen molar-refractivity contribution in [3.63, 3.8) is 0 Å². The fourth-order valence-corrected chi connectivity index (χ4v) is 4.31. The number of hydrogen-bond donors (Lipinski definition) is 1. The van der Waals surface area contributed by atoms with E-state index in [2.05, 4.69) is 10.2 Å². The Bertz CT molecular complexity index is 562. The number of aromatic nitrogens is 2. The Balaban J connectivity index is 1.48. The maximum absolute atomic E-state index is 13.0. The van der Waals surface area contributed by atoms with Gasteiger partial charge in [-0.15, -0.1) is 0 Å². The summed E-state index contributed by atoms with van der Waals surface area (Å²) in [4.78, 5) is 14.9. The summed E-state index contributed by atoms with van der Waals surface area (Å²) in [5.74, 6) is 0.545. The molecule has 1 aliphatic carbocycles. The number of H-pyrrole nitrogens is 1. The van der Waals surface area contributed by atoms with Crippen LogP contribution in [0.1, 0.15) is 73.5 Å². The summed E-state index contributed by atoms with van der Waals surface area (Å²) in [5, 5.41) is 7.45. The van der Waals surface area contributed by atoms with Crippen LogP contribution in [0.2, 0.25) is 0 Å². The van der Waals surface area contributed by atoms with Gasteiger partial charge >= 0.3 is 0 Å². The number of ether oxygens (including phenoxy) is 2. The quantitative estimate of drug-likeness (QED) is 0.923. The van der Waals surface area contributed by atoms with Crippen molar-refractivity contribution in [2.24, 2.45) is 0 Å². The van der Waals surface area contributed by atoms with E-state index in [0.29, 0.717) is 24.8 Å². The molecule has 2 saturated heterocycles. The lowest BCUT2D eigenvalue weighted by molar-refractivity contribution is -0.100. The highest BCUT2D eigenvalue weighted by molar-refractivity contribution is 5.92. The van der Waals surface area contributed by atoms with Gasteiger partial charge in [-0.2, -0.15) is 5.10 Å². The third kappa shape index (κ3) is 3.22. The molecule has 1 atom stereocenters. The summed E-state index contributed by atoms with van der Waals surface area (Å²) in [6.07, 6.45) is 9.10. The fraction of sp³-hybridized carbons (Fsp3) is 0.778. The fourth-order valence-electron chi connectivity index (χ4n) is 4.31. The van der Waals surface area contributed by atoms with Crippen LogP contribution in [0.3, 0.4) is 0 Å². The van der Waals surface area contributed by atoms with Crippen LogP contribution in [0, 0.1) is 0 Å². The number of aromatic amines is 1. The number of rotatable bonds is 3. The first-order valence-electron chi connectivity index (χ1n) is 9.42. The standard InChI is InChI=1S/C18H27N3O3/c22-17(15-12-14(19-20-15)13-6-2-1-3-7-13)21-9-5-4-8-16(21)18-23-10-11-24-18/h12-13,16,18H,1-11H2,(H,19,20)/t16-/m1/s1. The Morgan fingerprint density at radius 3 is 2.62 bits per heavy atom. The highest BCUT2D eigenvalue weighted by Gasteiger charge is 2.37. The number of amides is 1. The lowest BCUT2D eigenvalue weighted by atomic mass is 9.87. The van der Waals surface area contributed by atoms with E-state index in [1.54, 1.807) is 0 Å². The van der Waals surface area contributed by atoms with Crippen LogP contribution in [0.4, 0.5) is 0 Å². The first-order chi connectivity index (χ1) is 11.8. The van der Waals surface area contributed by atoms with E-state index in [9.17, 15) is 4.79 Å². The van der Waals surface area contributed by atoms with E-state index < -0.39 is 0 Å². The van der Waals surface area contributed by atoms with Crippen molar-refractivity contribution in [3.05, 3.63) is 17.5 Å². The van der Waals surface area contributed by atoms with Gasteiger partial charge in [0.25, 0.3) is 5.91 Å². The van der Waals surface area contributed by atoms with Gasteiger partial charge in [0.15, 0.2) is 6.29 Å². The molecule has 132 valence electrons. The van der Waals surface area contributed by atoms with Crippen molar-refractivity contribution in [3.8, 4) is 0 Å². The van der Waals surface area contributed by atoms with Crippen LogP contribution in [0.25, 0.3) is 0 Å². The molecule has 1 aromatic heterocycles. The lowest BCUT2D eigenvalue weighted by Gasteiger charge is -2.37. The zero-order valence-electron chi connectivity index (χ0n) is 14.2. The van der Waals surface area contributed by atoms with Gasteiger partial charge in [-0.05, 0) is 38.2 Å². The average Bonchev–Trinajstić information content (AvgIpc) is 3.34. The minimum absolute atomic E-state index is 0.0112. The molecule has 1 aromatic rings. The molecule has 3 fully saturated rings. The first-order valence-corrected chi connectivity index (χ1v) is 9.42. The van der Waals surface area contributed by atoms with Crippen molar-refractivity contribution in [1.82, 2.24) is 15.1 Å². The normalized spacial score (nSPS) is 26.8. The van der Waals surface area contributed by atoms with E-state index in [-0.39, 0.29) is 18.2 Å². The number of nitrogens with zero attached hydrogens (tertiary/aromatic N) is 2. The van der Waals surface area contributed by atoms with Crippen LogP contribution in [0.5, 0.6) is 0 Å². The minimum atomic E-state index is -0.272. The number of carbonyl (C=O) groups is 1. The summed E-state index contributed by atoms with van der Waals surface area (Å²) in [6, 6.07) is 1.99. The van der Waals surface area contributed by atoms with Crippen LogP contribution < -0.4 is 0 Å². The number of piperidine rings is 1. The van der Waals surface area contributed by atoms with Gasteiger partial charge in [0, 0.05) is 18.2 Å². The SMILES string of the molecule is O=C(c1cc(C2CCCCC2)[nH]n1)N1CCCC[C@@H]1C1OCCO1. The number of nitrogens with one attached hydrogen (secondary N) is 1. The molecular weight excluding hydrogens is 306 g/mol. The summed E-state index contributed by atoms with van der Waals surface area (Å²) in [6.45, 7) is 2.01. The second-order valence-corrected chi connectivity index (χ2v) is 7.22. The Morgan fingerprint density at radius 1 is 1.08 bits per heavy atom. The molecule has 0 radical (unpaired) electrons. The minimum Gasteiger partial charge on any atom is -0.348 e. The third-order valence-electron chi connectivity index (χ3n) is 5.63.